The van der Waals surface area contributed by atoms with Crippen molar-refractivity contribution in [2.45, 2.75) is 19.5 Å². The average molecular weight is 286 g/mol. The lowest BCUT2D eigenvalue weighted by Gasteiger charge is -2.11. The molecular weight excluding hydrogens is 273 g/mol. The molecular formula is C14H13F3O3. The maximum Gasteiger partial charge on any atom is 0.419 e. The van der Waals surface area contributed by atoms with Crippen molar-refractivity contribution in [1.29, 1.82) is 0 Å². The van der Waals surface area contributed by atoms with Gasteiger partial charge in [0.15, 0.2) is 0 Å². The van der Waals surface area contributed by atoms with Crippen molar-refractivity contribution >= 4 is 5.97 Å². The van der Waals surface area contributed by atoms with E-state index in [1.54, 1.807) is 6.92 Å². The SMILES string of the molecule is CCOC(=O)CC#Cc1ccc(C(F)(F)F)c(OC)c1. The minimum absolute atomic E-state index is 0.114. The van der Waals surface area contributed by atoms with Crippen molar-refractivity contribution in [3.05, 3.63) is 29.3 Å². The van der Waals surface area contributed by atoms with Crippen LogP contribution in [0.3, 0.4) is 0 Å². The first-order chi connectivity index (χ1) is 9.38. The molecule has 1 rings (SSSR count). The molecule has 0 aliphatic heterocycles. The molecule has 6 heteroatoms. The highest BCUT2D eigenvalue weighted by Gasteiger charge is 2.34. The molecule has 0 unspecified atom stereocenters. The van der Waals surface area contributed by atoms with E-state index in [2.05, 4.69) is 16.6 Å². The Labute approximate surface area is 114 Å². The lowest BCUT2D eigenvalue weighted by molar-refractivity contribution is -0.142. The third-order valence-electron chi connectivity index (χ3n) is 2.28. The third kappa shape index (κ3) is 4.50. The van der Waals surface area contributed by atoms with Gasteiger partial charge in [-0.25, -0.2) is 0 Å². The van der Waals surface area contributed by atoms with Crippen molar-refractivity contribution in [2.24, 2.45) is 0 Å². The van der Waals surface area contributed by atoms with Crippen LogP contribution < -0.4 is 4.74 Å². The van der Waals surface area contributed by atoms with Gasteiger partial charge >= 0.3 is 12.1 Å². The van der Waals surface area contributed by atoms with Crippen molar-refractivity contribution in [3.63, 3.8) is 0 Å². The van der Waals surface area contributed by atoms with Gasteiger partial charge < -0.3 is 9.47 Å². The van der Waals surface area contributed by atoms with E-state index in [9.17, 15) is 18.0 Å². The van der Waals surface area contributed by atoms with Crippen molar-refractivity contribution in [3.8, 4) is 17.6 Å². The van der Waals surface area contributed by atoms with Crippen molar-refractivity contribution in [2.75, 3.05) is 13.7 Å². The fourth-order valence-electron chi connectivity index (χ4n) is 1.43. The second-order valence-electron chi connectivity index (χ2n) is 3.70. The number of rotatable bonds is 3. The number of methoxy groups -OCH3 is 1. The molecule has 0 saturated heterocycles. The second kappa shape index (κ2) is 6.85. The Morgan fingerprint density at radius 3 is 2.60 bits per heavy atom. The van der Waals surface area contributed by atoms with E-state index in [4.69, 9.17) is 4.74 Å². The predicted octanol–water partition coefficient (Wildman–Crippen LogP) is 3.02. The van der Waals surface area contributed by atoms with Crippen LogP contribution in [0.2, 0.25) is 0 Å². The molecule has 0 radical (unpaired) electrons. The van der Waals surface area contributed by atoms with Crippen LogP contribution in [0.1, 0.15) is 24.5 Å². The van der Waals surface area contributed by atoms with Gasteiger partial charge in [-0.15, -0.1) is 0 Å². The van der Waals surface area contributed by atoms with Crippen LogP contribution in [-0.2, 0) is 15.7 Å². The molecule has 20 heavy (non-hydrogen) atoms. The fraction of sp³-hybridized carbons (Fsp3) is 0.357. The zero-order valence-corrected chi connectivity index (χ0v) is 11.0. The Kier molecular flexibility index (Phi) is 5.44. The summed E-state index contributed by atoms with van der Waals surface area (Å²) >= 11 is 0. The van der Waals surface area contributed by atoms with E-state index in [0.717, 1.165) is 13.2 Å². The molecule has 0 saturated carbocycles. The molecule has 3 nitrogen and oxygen atoms in total. The Hall–Kier alpha value is -2.16. The highest BCUT2D eigenvalue weighted by atomic mass is 19.4. The summed E-state index contributed by atoms with van der Waals surface area (Å²) < 4.78 is 47.3. The number of alkyl halides is 3. The van der Waals surface area contributed by atoms with Gasteiger partial charge in [0, 0.05) is 5.56 Å². The standard InChI is InChI=1S/C14H13F3O3/c1-3-20-13(18)6-4-5-10-7-8-11(14(15,16)17)12(9-10)19-2/h7-9H,3,6H2,1-2H3. The fourth-order valence-corrected chi connectivity index (χ4v) is 1.43. The normalized spacial score (nSPS) is 10.4. The first kappa shape index (κ1) is 15.9. The smallest absolute Gasteiger partial charge is 0.419 e. The Balaban J connectivity index is 2.89. The van der Waals surface area contributed by atoms with Gasteiger partial charge in [0.2, 0.25) is 0 Å². The minimum Gasteiger partial charge on any atom is -0.496 e. The van der Waals surface area contributed by atoms with E-state index in [1.807, 2.05) is 0 Å². The number of hydrogen-bond acceptors (Lipinski definition) is 3. The molecule has 0 amide bonds. The molecule has 0 fully saturated rings. The second-order valence-corrected chi connectivity index (χ2v) is 3.70. The van der Waals surface area contributed by atoms with Gasteiger partial charge in [0.1, 0.15) is 12.2 Å². The summed E-state index contributed by atoms with van der Waals surface area (Å²) in [6, 6.07) is 3.30. The number of esters is 1. The highest BCUT2D eigenvalue weighted by molar-refractivity contribution is 5.72. The molecule has 0 aromatic heterocycles. The Bertz CT molecular complexity index is 539. The van der Waals surface area contributed by atoms with E-state index in [1.165, 1.54) is 12.1 Å². The first-order valence-electron chi connectivity index (χ1n) is 5.78. The van der Waals surface area contributed by atoms with E-state index in [0.29, 0.717) is 5.56 Å². The van der Waals surface area contributed by atoms with Crippen LogP contribution in [0.15, 0.2) is 18.2 Å². The van der Waals surface area contributed by atoms with Crippen LogP contribution in [0, 0.1) is 11.8 Å². The highest BCUT2D eigenvalue weighted by Crippen LogP contribution is 2.36. The Morgan fingerprint density at radius 2 is 2.05 bits per heavy atom. The van der Waals surface area contributed by atoms with Crippen molar-refractivity contribution < 1.29 is 27.4 Å². The predicted molar refractivity (Wildman–Crippen MR) is 66.1 cm³/mol. The van der Waals surface area contributed by atoms with Crippen molar-refractivity contribution in [1.82, 2.24) is 0 Å². The number of ether oxygens (including phenoxy) is 2. The average Bonchev–Trinajstić information content (AvgIpc) is 2.37. The van der Waals surface area contributed by atoms with Crippen LogP contribution in [0.4, 0.5) is 13.2 Å². The number of carbonyl (C=O) groups excluding carboxylic acids is 1. The van der Waals surface area contributed by atoms with Gasteiger partial charge in [-0.3, -0.25) is 4.79 Å². The number of hydrogen-bond donors (Lipinski definition) is 0. The molecule has 0 spiro atoms. The summed E-state index contributed by atoms with van der Waals surface area (Å²) in [5, 5.41) is 0. The van der Waals surface area contributed by atoms with Crippen LogP contribution in [-0.4, -0.2) is 19.7 Å². The maximum absolute atomic E-state index is 12.6. The third-order valence-corrected chi connectivity index (χ3v) is 2.28. The summed E-state index contributed by atoms with van der Waals surface area (Å²) in [6.45, 7) is 1.93. The molecule has 0 heterocycles. The van der Waals surface area contributed by atoms with Gasteiger partial charge in [-0.2, -0.15) is 13.2 Å². The molecule has 0 bridgehead atoms. The molecule has 1 aromatic carbocycles. The number of halogens is 3. The largest absolute Gasteiger partial charge is 0.496 e. The number of carbonyl (C=O) groups is 1. The molecule has 0 N–H and O–H groups in total. The summed E-state index contributed by atoms with van der Waals surface area (Å²) in [7, 11) is 1.15. The van der Waals surface area contributed by atoms with Gasteiger partial charge in [-0.05, 0) is 25.1 Å². The molecule has 108 valence electrons. The topological polar surface area (TPSA) is 35.5 Å². The summed E-state index contributed by atoms with van der Waals surface area (Å²) in [5.41, 5.74) is -0.532. The number of benzene rings is 1. The zero-order chi connectivity index (χ0) is 15.2. The van der Waals surface area contributed by atoms with E-state index >= 15 is 0 Å². The monoisotopic (exact) mass is 286 g/mol. The summed E-state index contributed by atoms with van der Waals surface area (Å²) in [5.74, 6) is 4.35. The van der Waals surface area contributed by atoms with Crippen LogP contribution in [0.5, 0.6) is 5.75 Å². The first-order valence-corrected chi connectivity index (χ1v) is 5.78. The molecule has 0 aliphatic rings. The summed E-state index contributed by atoms with van der Waals surface area (Å²) in [4.78, 5) is 11.0. The molecule has 1 aromatic rings. The maximum atomic E-state index is 12.6. The van der Waals surface area contributed by atoms with Gasteiger partial charge in [0.05, 0.1) is 19.3 Å². The van der Waals surface area contributed by atoms with E-state index < -0.39 is 17.7 Å². The lowest BCUT2D eigenvalue weighted by atomic mass is 10.1. The quantitative estimate of drug-likeness (QED) is 0.633. The summed E-state index contributed by atoms with van der Waals surface area (Å²) in [6.07, 6.45) is -4.60. The Morgan fingerprint density at radius 1 is 1.35 bits per heavy atom. The van der Waals surface area contributed by atoms with E-state index in [-0.39, 0.29) is 18.8 Å². The van der Waals surface area contributed by atoms with Crippen LogP contribution >= 0.6 is 0 Å². The minimum atomic E-state index is -4.48. The molecule has 0 atom stereocenters. The lowest BCUT2D eigenvalue weighted by Crippen LogP contribution is -2.07. The zero-order valence-electron chi connectivity index (χ0n) is 11.0. The van der Waals surface area contributed by atoms with Crippen LogP contribution in [0.25, 0.3) is 0 Å². The van der Waals surface area contributed by atoms with Gasteiger partial charge in [0.25, 0.3) is 0 Å². The van der Waals surface area contributed by atoms with Gasteiger partial charge in [-0.1, -0.05) is 11.8 Å². The molecule has 0 aliphatic carbocycles.